The summed E-state index contributed by atoms with van der Waals surface area (Å²) in [4.78, 5) is 19.2. The summed E-state index contributed by atoms with van der Waals surface area (Å²) in [6.45, 7) is 3.54. The molecule has 0 N–H and O–H groups in total. The molecule has 1 unspecified atom stereocenters. The van der Waals surface area contributed by atoms with E-state index in [-0.39, 0.29) is 17.8 Å². The van der Waals surface area contributed by atoms with Crippen LogP contribution in [0.4, 0.5) is 4.39 Å². The number of halogens is 1. The van der Waals surface area contributed by atoms with Crippen molar-refractivity contribution in [1.29, 1.82) is 0 Å². The number of morpholine rings is 1. The Hall–Kier alpha value is -1.79. The summed E-state index contributed by atoms with van der Waals surface area (Å²) >= 11 is 1.44. The van der Waals surface area contributed by atoms with Gasteiger partial charge in [0.1, 0.15) is 16.8 Å². The fourth-order valence-corrected chi connectivity index (χ4v) is 3.27. The smallest absolute Gasteiger partial charge is 0.265 e. The van der Waals surface area contributed by atoms with Crippen molar-refractivity contribution in [2.24, 2.45) is 0 Å². The Balaban J connectivity index is 1.72. The van der Waals surface area contributed by atoms with Crippen LogP contribution >= 0.6 is 11.3 Å². The number of hydrogen-bond donors (Lipinski definition) is 0. The molecule has 1 aromatic carbocycles. The molecule has 1 saturated heterocycles. The van der Waals surface area contributed by atoms with Gasteiger partial charge in [-0.05, 0) is 24.1 Å². The third-order valence-electron chi connectivity index (χ3n) is 3.66. The van der Waals surface area contributed by atoms with Gasteiger partial charge in [0.2, 0.25) is 0 Å². The lowest BCUT2D eigenvalue weighted by atomic mass is 10.1. The van der Waals surface area contributed by atoms with Gasteiger partial charge in [0.15, 0.2) is 0 Å². The number of carbonyl (C=O) groups excluding carboxylic acids is 1. The summed E-state index contributed by atoms with van der Waals surface area (Å²) in [7, 11) is 0. The van der Waals surface area contributed by atoms with Crippen LogP contribution in [0, 0.1) is 5.82 Å². The molecule has 1 atom stereocenters. The Bertz CT molecular complexity index is 656. The van der Waals surface area contributed by atoms with Crippen molar-refractivity contribution in [2.75, 3.05) is 19.7 Å². The fourth-order valence-electron chi connectivity index (χ4n) is 2.44. The highest BCUT2D eigenvalue weighted by Crippen LogP contribution is 2.24. The van der Waals surface area contributed by atoms with Gasteiger partial charge in [-0.1, -0.05) is 19.1 Å². The first-order valence-electron chi connectivity index (χ1n) is 7.28. The van der Waals surface area contributed by atoms with Crippen LogP contribution in [0.3, 0.4) is 0 Å². The lowest BCUT2D eigenvalue weighted by molar-refractivity contribution is -0.0226. The average molecular weight is 320 g/mol. The minimum absolute atomic E-state index is 0.00684. The van der Waals surface area contributed by atoms with E-state index in [4.69, 9.17) is 4.74 Å². The Morgan fingerprint density at radius 1 is 1.45 bits per heavy atom. The second-order valence-electron chi connectivity index (χ2n) is 5.13. The van der Waals surface area contributed by atoms with E-state index >= 15 is 0 Å². The minimum Gasteiger partial charge on any atom is -0.370 e. The number of nitrogens with zero attached hydrogens (tertiary/aromatic N) is 2. The van der Waals surface area contributed by atoms with Crippen LogP contribution in [0.1, 0.15) is 33.3 Å². The van der Waals surface area contributed by atoms with Gasteiger partial charge >= 0.3 is 0 Å². The van der Waals surface area contributed by atoms with Crippen molar-refractivity contribution >= 4 is 17.2 Å². The molecule has 0 spiro atoms. The molecule has 1 aliphatic heterocycles. The van der Waals surface area contributed by atoms with Gasteiger partial charge < -0.3 is 9.64 Å². The van der Waals surface area contributed by atoms with E-state index in [1.54, 1.807) is 23.2 Å². The lowest BCUT2D eigenvalue weighted by Crippen LogP contribution is -2.42. The molecule has 1 aliphatic rings. The van der Waals surface area contributed by atoms with Crippen molar-refractivity contribution in [3.8, 4) is 0 Å². The average Bonchev–Trinajstić information content (AvgIpc) is 3.04. The predicted molar refractivity (Wildman–Crippen MR) is 82.5 cm³/mol. The van der Waals surface area contributed by atoms with Crippen LogP contribution in [-0.4, -0.2) is 35.5 Å². The van der Waals surface area contributed by atoms with Crippen LogP contribution in [0.25, 0.3) is 0 Å². The van der Waals surface area contributed by atoms with Crippen LogP contribution in [0.15, 0.2) is 30.5 Å². The fraction of sp³-hybridized carbons (Fsp3) is 0.375. The Morgan fingerprint density at radius 3 is 2.91 bits per heavy atom. The molecule has 0 radical (unpaired) electrons. The van der Waals surface area contributed by atoms with E-state index in [9.17, 15) is 9.18 Å². The maximum Gasteiger partial charge on any atom is 0.265 e. The summed E-state index contributed by atoms with van der Waals surface area (Å²) in [5.74, 6) is -0.281. The Morgan fingerprint density at radius 2 is 2.23 bits per heavy atom. The van der Waals surface area contributed by atoms with Crippen LogP contribution in [0.2, 0.25) is 0 Å². The SMILES string of the molecule is CCc1ncc(C(=O)N2CCOC(c3ccc(F)cc3)C2)s1. The number of aryl methyl sites for hydroxylation is 1. The van der Waals surface area contributed by atoms with Crippen molar-refractivity contribution in [1.82, 2.24) is 9.88 Å². The molecule has 2 heterocycles. The molecule has 0 aliphatic carbocycles. The van der Waals surface area contributed by atoms with Crippen LogP contribution in [-0.2, 0) is 11.2 Å². The number of aromatic nitrogens is 1. The molecule has 0 saturated carbocycles. The Labute approximate surface area is 132 Å². The van der Waals surface area contributed by atoms with Gasteiger partial charge in [-0.25, -0.2) is 9.37 Å². The quantitative estimate of drug-likeness (QED) is 0.873. The van der Waals surface area contributed by atoms with Crippen LogP contribution in [0.5, 0.6) is 0 Å². The highest BCUT2D eigenvalue weighted by Gasteiger charge is 2.27. The molecular weight excluding hydrogens is 303 g/mol. The third kappa shape index (κ3) is 3.18. The monoisotopic (exact) mass is 320 g/mol. The minimum atomic E-state index is -0.274. The molecule has 1 amide bonds. The van der Waals surface area contributed by atoms with Crippen molar-refractivity contribution in [3.63, 3.8) is 0 Å². The molecule has 22 heavy (non-hydrogen) atoms. The highest BCUT2D eigenvalue weighted by molar-refractivity contribution is 7.13. The zero-order valence-electron chi connectivity index (χ0n) is 12.3. The van der Waals surface area contributed by atoms with E-state index in [1.807, 2.05) is 6.92 Å². The van der Waals surface area contributed by atoms with E-state index in [2.05, 4.69) is 4.98 Å². The highest BCUT2D eigenvalue weighted by atomic mass is 32.1. The number of carbonyl (C=O) groups is 1. The Kier molecular flexibility index (Phi) is 4.49. The van der Waals surface area contributed by atoms with E-state index in [1.165, 1.54) is 23.5 Å². The molecule has 0 bridgehead atoms. The van der Waals surface area contributed by atoms with Crippen molar-refractivity contribution < 1.29 is 13.9 Å². The predicted octanol–water partition coefficient (Wildman–Crippen LogP) is 3.06. The maximum absolute atomic E-state index is 13.0. The number of benzene rings is 1. The number of rotatable bonds is 3. The second-order valence-corrected chi connectivity index (χ2v) is 6.25. The first-order chi connectivity index (χ1) is 10.7. The molecule has 4 nitrogen and oxygen atoms in total. The zero-order valence-corrected chi connectivity index (χ0v) is 13.1. The van der Waals surface area contributed by atoms with E-state index in [0.29, 0.717) is 24.6 Å². The van der Waals surface area contributed by atoms with Crippen LogP contribution < -0.4 is 0 Å². The first kappa shape index (κ1) is 15.1. The number of ether oxygens (including phenoxy) is 1. The molecule has 116 valence electrons. The van der Waals surface area contributed by atoms with Crippen molar-refractivity contribution in [2.45, 2.75) is 19.4 Å². The molecule has 2 aromatic rings. The number of hydrogen-bond acceptors (Lipinski definition) is 4. The third-order valence-corrected chi connectivity index (χ3v) is 4.79. The normalized spacial score (nSPS) is 18.5. The molecule has 1 fully saturated rings. The summed E-state index contributed by atoms with van der Waals surface area (Å²) in [5.41, 5.74) is 0.887. The maximum atomic E-state index is 13.0. The molecular formula is C16H17FN2O2S. The van der Waals surface area contributed by atoms with Gasteiger partial charge in [0, 0.05) is 6.54 Å². The lowest BCUT2D eigenvalue weighted by Gasteiger charge is -2.32. The van der Waals surface area contributed by atoms with Gasteiger partial charge in [0.25, 0.3) is 5.91 Å². The zero-order chi connectivity index (χ0) is 15.5. The topological polar surface area (TPSA) is 42.4 Å². The molecule has 1 aromatic heterocycles. The summed E-state index contributed by atoms with van der Waals surface area (Å²) in [5, 5.41) is 0.965. The molecule has 6 heteroatoms. The van der Waals surface area contributed by atoms with Gasteiger partial charge in [-0.3, -0.25) is 4.79 Å². The van der Waals surface area contributed by atoms with E-state index in [0.717, 1.165) is 17.0 Å². The van der Waals surface area contributed by atoms with E-state index < -0.39 is 0 Å². The standard InChI is InChI=1S/C16H17FN2O2S/c1-2-15-18-9-14(22-15)16(20)19-7-8-21-13(10-19)11-3-5-12(17)6-4-11/h3-6,9,13H,2,7-8,10H2,1H3. The van der Waals surface area contributed by atoms with Gasteiger partial charge in [-0.15, -0.1) is 11.3 Å². The molecule has 3 rings (SSSR count). The first-order valence-corrected chi connectivity index (χ1v) is 8.10. The summed E-state index contributed by atoms with van der Waals surface area (Å²) in [6, 6.07) is 6.23. The second kappa shape index (κ2) is 6.54. The van der Waals surface area contributed by atoms with Gasteiger partial charge in [0.05, 0.1) is 24.4 Å². The number of thiazole rings is 1. The number of amides is 1. The van der Waals surface area contributed by atoms with Crippen molar-refractivity contribution in [3.05, 3.63) is 51.7 Å². The van der Waals surface area contributed by atoms with Gasteiger partial charge in [-0.2, -0.15) is 0 Å². The summed E-state index contributed by atoms with van der Waals surface area (Å²) < 4.78 is 18.7. The summed E-state index contributed by atoms with van der Waals surface area (Å²) in [6.07, 6.45) is 2.27. The largest absolute Gasteiger partial charge is 0.370 e.